The fourth-order valence-electron chi connectivity index (χ4n) is 4.89. The maximum atomic E-state index is 12.5. The molecule has 0 fully saturated rings. The van der Waals surface area contributed by atoms with Gasteiger partial charge in [-0.2, -0.15) is 0 Å². The molecule has 2 aromatic carbocycles. The van der Waals surface area contributed by atoms with Crippen LogP contribution in [0, 0.1) is 6.92 Å². The van der Waals surface area contributed by atoms with Crippen molar-refractivity contribution in [1.29, 1.82) is 0 Å². The zero-order valence-corrected chi connectivity index (χ0v) is 17.7. The number of benzene rings is 2. The van der Waals surface area contributed by atoms with Crippen molar-refractivity contribution in [3.05, 3.63) is 68.6 Å². The van der Waals surface area contributed by atoms with Crippen molar-refractivity contribution >= 4 is 11.0 Å². The first kappa shape index (κ1) is 19.2. The molecule has 2 aliphatic rings. The van der Waals surface area contributed by atoms with Crippen LogP contribution in [0.2, 0.25) is 0 Å². The Labute approximate surface area is 176 Å². The SMILES string of the molecule is COc1ccc(CC[NH+]2COc3c(cc4c5c(c(=O)oc4c3C)CCCC5)C2)cc1. The van der Waals surface area contributed by atoms with Crippen LogP contribution in [-0.2, 0) is 25.8 Å². The summed E-state index contributed by atoms with van der Waals surface area (Å²) < 4.78 is 17.2. The number of hydrogen-bond acceptors (Lipinski definition) is 4. The lowest BCUT2D eigenvalue weighted by atomic mass is 9.89. The van der Waals surface area contributed by atoms with Crippen molar-refractivity contribution in [3.63, 3.8) is 0 Å². The second kappa shape index (κ2) is 7.80. The molecule has 1 aliphatic heterocycles. The zero-order chi connectivity index (χ0) is 20.7. The number of hydrogen-bond donors (Lipinski definition) is 1. The van der Waals surface area contributed by atoms with E-state index < -0.39 is 0 Å². The number of nitrogens with one attached hydrogen (secondary N) is 1. The second-order valence-corrected chi connectivity index (χ2v) is 8.48. The number of aryl methyl sites for hydroxylation is 2. The van der Waals surface area contributed by atoms with Gasteiger partial charge < -0.3 is 13.9 Å². The van der Waals surface area contributed by atoms with E-state index in [1.165, 1.54) is 21.6 Å². The van der Waals surface area contributed by atoms with E-state index in [0.717, 1.165) is 73.2 Å². The summed E-state index contributed by atoms with van der Waals surface area (Å²) in [5, 5.41) is 1.11. The van der Waals surface area contributed by atoms with Gasteiger partial charge in [-0.3, -0.25) is 4.90 Å². The lowest BCUT2D eigenvalue weighted by Gasteiger charge is -2.28. The summed E-state index contributed by atoms with van der Waals surface area (Å²) in [4.78, 5) is 13.9. The molecule has 0 spiro atoms. The molecular weight excluding hydrogens is 378 g/mol. The van der Waals surface area contributed by atoms with Gasteiger partial charge in [0.1, 0.15) is 23.6 Å². The largest absolute Gasteiger partial charge is 0.497 e. The molecule has 1 aromatic heterocycles. The van der Waals surface area contributed by atoms with Crippen molar-refractivity contribution in [2.45, 2.75) is 45.6 Å². The van der Waals surface area contributed by atoms with E-state index in [4.69, 9.17) is 13.9 Å². The maximum Gasteiger partial charge on any atom is 0.339 e. The van der Waals surface area contributed by atoms with E-state index in [-0.39, 0.29) is 5.63 Å². The fourth-order valence-corrected chi connectivity index (χ4v) is 4.89. The van der Waals surface area contributed by atoms with Gasteiger partial charge in [-0.15, -0.1) is 0 Å². The van der Waals surface area contributed by atoms with E-state index in [1.54, 1.807) is 7.11 Å². The first-order chi connectivity index (χ1) is 14.6. The van der Waals surface area contributed by atoms with Crippen molar-refractivity contribution in [2.75, 3.05) is 20.4 Å². The molecule has 5 nitrogen and oxygen atoms in total. The minimum Gasteiger partial charge on any atom is -0.497 e. The Morgan fingerprint density at radius 1 is 1.10 bits per heavy atom. The van der Waals surface area contributed by atoms with Gasteiger partial charge in [0.25, 0.3) is 0 Å². The predicted molar refractivity (Wildman–Crippen MR) is 116 cm³/mol. The van der Waals surface area contributed by atoms with Crippen LogP contribution in [-0.4, -0.2) is 20.4 Å². The van der Waals surface area contributed by atoms with Crippen LogP contribution in [0.3, 0.4) is 0 Å². The molecule has 30 heavy (non-hydrogen) atoms. The van der Waals surface area contributed by atoms with Gasteiger partial charge in [-0.1, -0.05) is 12.1 Å². The van der Waals surface area contributed by atoms with E-state index in [0.29, 0.717) is 12.3 Å². The molecule has 1 N–H and O–H groups in total. The van der Waals surface area contributed by atoms with Gasteiger partial charge in [-0.05, 0) is 61.9 Å². The Bertz CT molecular complexity index is 1150. The normalized spacial score (nSPS) is 17.9. The summed E-state index contributed by atoms with van der Waals surface area (Å²) in [5.41, 5.74) is 6.11. The zero-order valence-electron chi connectivity index (χ0n) is 17.7. The summed E-state index contributed by atoms with van der Waals surface area (Å²) in [6, 6.07) is 10.5. The number of rotatable bonds is 4. The van der Waals surface area contributed by atoms with Gasteiger partial charge >= 0.3 is 5.63 Å². The molecule has 156 valence electrons. The molecule has 2 heterocycles. The highest BCUT2D eigenvalue weighted by atomic mass is 16.5. The van der Waals surface area contributed by atoms with Crippen molar-refractivity contribution in [2.24, 2.45) is 0 Å². The van der Waals surface area contributed by atoms with Gasteiger partial charge in [0.15, 0.2) is 0 Å². The molecule has 1 aliphatic carbocycles. The monoisotopic (exact) mass is 406 g/mol. The molecule has 1 unspecified atom stereocenters. The quantitative estimate of drug-likeness (QED) is 0.677. The minimum atomic E-state index is -0.164. The first-order valence-electron chi connectivity index (χ1n) is 10.8. The number of methoxy groups -OCH3 is 1. The highest BCUT2D eigenvalue weighted by Crippen LogP contribution is 2.35. The molecule has 0 amide bonds. The Hall–Kier alpha value is -2.79. The average Bonchev–Trinajstić information content (AvgIpc) is 2.79. The smallest absolute Gasteiger partial charge is 0.339 e. The van der Waals surface area contributed by atoms with Gasteiger partial charge in [0.2, 0.25) is 6.73 Å². The molecule has 5 rings (SSSR count). The number of quaternary nitrogens is 1. The molecule has 0 saturated heterocycles. The highest BCUT2D eigenvalue weighted by molar-refractivity contribution is 5.87. The molecule has 3 aromatic rings. The fraction of sp³-hybridized carbons (Fsp3) is 0.400. The molecular formula is C25H28NO4+. The van der Waals surface area contributed by atoms with E-state index in [2.05, 4.69) is 18.2 Å². The Balaban J connectivity index is 1.42. The standard InChI is InChI=1S/C25H27NO4/c1-16-23-18(13-22-20-5-3-4-6-21(20)25(27)30-24(16)22)14-26(15-29-23)12-11-17-7-9-19(28-2)10-8-17/h7-10,13H,3-6,11-12,14-15H2,1-2H3/p+1. The van der Waals surface area contributed by atoms with Crippen LogP contribution in [0.15, 0.2) is 39.5 Å². The highest BCUT2D eigenvalue weighted by Gasteiger charge is 2.27. The molecule has 1 atom stereocenters. The van der Waals surface area contributed by atoms with E-state index in [9.17, 15) is 4.79 Å². The first-order valence-corrected chi connectivity index (χ1v) is 10.8. The third-order valence-corrected chi connectivity index (χ3v) is 6.56. The molecule has 0 saturated carbocycles. The maximum absolute atomic E-state index is 12.5. The topological polar surface area (TPSA) is 53.1 Å². The van der Waals surface area contributed by atoms with Gasteiger partial charge in [0.05, 0.1) is 13.7 Å². The Kier molecular flexibility index (Phi) is 4.99. The second-order valence-electron chi connectivity index (χ2n) is 8.48. The van der Waals surface area contributed by atoms with Gasteiger partial charge in [-0.25, -0.2) is 4.79 Å². The van der Waals surface area contributed by atoms with Gasteiger partial charge in [0, 0.05) is 28.5 Å². The van der Waals surface area contributed by atoms with Crippen LogP contribution < -0.4 is 20.0 Å². The summed E-state index contributed by atoms with van der Waals surface area (Å²) in [6.07, 6.45) is 5.00. The number of ether oxygens (including phenoxy) is 2. The Morgan fingerprint density at radius 2 is 1.87 bits per heavy atom. The van der Waals surface area contributed by atoms with E-state index in [1.807, 2.05) is 19.1 Å². The average molecular weight is 407 g/mol. The molecule has 0 radical (unpaired) electrons. The summed E-state index contributed by atoms with van der Waals surface area (Å²) in [6.45, 7) is 4.58. The van der Waals surface area contributed by atoms with Crippen LogP contribution in [0.25, 0.3) is 11.0 Å². The van der Waals surface area contributed by atoms with Crippen molar-refractivity contribution in [1.82, 2.24) is 0 Å². The summed E-state index contributed by atoms with van der Waals surface area (Å²) >= 11 is 0. The van der Waals surface area contributed by atoms with Crippen molar-refractivity contribution in [3.8, 4) is 11.5 Å². The van der Waals surface area contributed by atoms with Crippen LogP contribution in [0.4, 0.5) is 0 Å². The lowest BCUT2D eigenvalue weighted by molar-refractivity contribution is -0.932. The van der Waals surface area contributed by atoms with Crippen LogP contribution in [0.1, 0.15) is 40.7 Å². The van der Waals surface area contributed by atoms with E-state index >= 15 is 0 Å². The Morgan fingerprint density at radius 3 is 2.63 bits per heavy atom. The van der Waals surface area contributed by atoms with Crippen LogP contribution in [0.5, 0.6) is 11.5 Å². The third kappa shape index (κ3) is 3.37. The predicted octanol–water partition coefficient (Wildman–Crippen LogP) is 2.97. The minimum absolute atomic E-state index is 0.164. The van der Waals surface area contributed by atoms with Crippen molar-refractivity contribution < 1.29 is 18.8 Å². The number of fused-ring (bicyclic) bond motifs is 4. The lowest BCUT2D eigenvalue weighted by Crippen LogP contribution is -3.12. The summed E-state index contributed by atoms with van der Waals surface area (Å²) in [5.74, 6) is 1.79. The third-order valence-electron chi connectivity index (χ3n) is 6.56. The molecule has 5 heteroatoms. The summed E-state index contributed by atoms with van der Waals surface area (Å²) in [7, 11) is 1.69. The van der Waals surface area contributed by atoms with Crippen LogP contribution >= 0.6 is 0 Å². The molecule has 0 bridgehead atoms.